The zero-order chi connectivity index (χ0) is 17.8. The number of halogens is 2. The van der Waals surface area contributed by atoms with Gasteiger partial charge in [0.05, 0.1) is 6.10 Å². The number of nitrogens with zero attached hydrogens (tertiary/aromatic N) is 2. The zero-order valence-corrected chi connectivity index (χ0v) is 15.4. The van der Waals surface area contributed by atoms with Gasteiger partial charge in [-0.3, -0.25) is 9.59 Å². The second-order valence-electron chi connectivity index (χ2n) is 6.54. The van der Waals surface area contributed by atoms with Gasteiger partial charge in [0, 0.05) is 38.3 Å². The summed E-state index contributed by atoms with van der Waals surface area (Å²) in [5, 5.41) is 0. The van der Waals surface area contributed by atoms with Crippen molar-refractivity contribution < 1.29 is 18.7 Å². The van der Waals surface area contributed by atoms with Gasteiger partial charge < -0.3 is 20.3 Å². The van der Waals surface area contributed by atoms with Crippen molar-refractivity contribution in [1.82, 2.24) is 9.80 Å². The topological polar surface area (TPSA) is 75.9 Å². The average molecular weight is 386 g/mol. The summed E-state index contributed by atoms with van der Waals surface area (Å²) in [7, 11) is 0. The first-order valence-corrected chi connectivity index (χ1v) is 8.77. The minimum absolute atomic E-state index is 0. The summed E-state index contributed by atoms with van der Waals surface area (Å²) in [6.07, 6.45) is 1.75. The molecule has 1 aromatic rings. The molecule has 3 rings (SSSR count). The highest BCUT2D eigenvalue weighted by atomic mass is 35.5. The minimum atomic E-state index is -0.426. The molecule has 2 fully saturated rings. The molecule has 0 saturated carbocycles. The third-order valence-corrected chi connectivity index (χ3v) is 4.81. The Hall–Kier alpha value is -1.70. The van der Waals surface area contributed by atoms with Crippen molar-refractivity contribution in [2.75, 3.05) is 32.7 Å². The van der Waals surface area contributed by atoms with Crippen LogP contribution in [0, 0.1) is 5.82 Å². The van der Waals surface area contributed by atoms with Crippen LogP contribution in [0.3, 0.4) is 0 Å². The van der Waals surface area contributed by atoms with E-state index >= 15 is 0 Å². The quantitative estimate of drug-likeness (QED) is 0.854. The van der Waals surface area contributed by atoms with Crippen LogP contribution in [0.1, 0.15) is 29.6 Å². The Morgan fingerprint density at radius 1 is 1.15 bits per heavy atom. The van der Waals surface area contributed by atoms with Gasteiger partial charge in [-0.15, -0.1) is 12.4 Å². The van der Waals surface area contributed by atoms with E-state index in [2.05, 4.69) is 0 Å². The fourth-order valence-electron chi connectivity index (χ4n) is 3.41. The molecule has 2 atom stereocenters. The summed E-state index contributed by atoms with van der Waals surface area (Å²) < 4.78 is 19.0. The number of hydrogen-bond acceptors (Lipinski definition) is 4. The summed E-state index contributed by atoms with van der Waals surface area (Å²) in [4.78, 5) is 28.6. The number of carbonyl (C=O) groups excluding carboxylic acids is 2. The molecule has 8 heteroatoms. The Bertz CT molecular complexity index is 646. The van der Waals surface area contributed by atoms with Crippen LogP contribution in [-0.2, 0) is 9.53 Å². The number of nitrogens with two attached hydrogens (primary N) is 1. The van der Waals surface area contributed by atoms with E-state index in [0.717, 1.165) is 6.42 Å². The average Bonchev–Trinajstić information content (AvgIpc) is 2.97. The molecule has 2 aliphatic rings. The number of amides is 2. The van der Waals surface area contributed by atoms with E-state index in [1.807, 2.05) is 0 Å². The maximum absolute atomic E-state index is 13.3. The first-order valence-electron chi connectivity index (χ1n) is 8.77. The Morgan fingerprint density at radius 3 is 2.58 bits per heavy atom. The number of carbonyl (C=O) groups is 2. The lowest BCUT2D eigenvalue weighted by Gasteiger charge is -2.24. The van der Waals surface area contributed by atoms with Crippen LogP contribution < -0.4 is 5.73 Å². The van der Waals surface area contributed by atoms with Crippen LogP contribution in [0.15, 0.2) is 24.3 Å². The SMILES string of the molecule is Cl.NC[C@H]1CC[C@@H](C(=O)N2CCCN(C(=O)c3cccc(F)c3)CC2)O1. The fraction of sp³-hybridized carbons (Fsp3) is 0.556. The second-order valence-corrected chi connectivity index (χ2v) is 6.54. The Balaban J connectivity index is 0.00000243. The van der Waals surface area contributed by atoms with Crippen LogP contribution >= 0.6 is 12.4 Å². The van der Waals surface area contributed by atoms with Crippen molar-refractivity contribution in [3.63, 3.8) is 0 Å². The molecule has 2 N–H and O–H groups in total. The van der Waals surface area contributed by atoms with Gasteiger partial charge in [0.25, 0.3) is 11.8 Å². The Morgan fingerprint density at radius 2 is 1.88 bits per heavy atom. The smallest absolute Gasteiger partial charge is 0.254 e. The van der Waals surface area contributed by atoms with Crippen LogP contribution in [0.5, 0.6) is 0 Å². The number of ether oxygens (including phenoxy) is 1. The highest BCUT2D eigenvalue weighted by Gasteiger charge is 2.33. The molecular formula is C18H25ClFN3O3. The lowest BCUT2D eigenvalue weighted by molar-refractivity contribution is -0.142. The second kappa shape index (κ2) is 9.30. The molecule has 6 nitrogen and oxygen atoms in total. The minimum Gasteiger partial charge on any atom is -0.364 e. The van der Waals surface area contributed by atoms with Gasteiger partial charge in [-0.2, -0.15) is 0 Å². The summed E-state index contributed by atoms with van der Waals surface area (Å²) in [6.45, 7) is 2.48. The van der Waals surface area contributed by atoms with E-state index in [0.29, 0.717) is 51.1 Å². The molecule has 0 radical (unpaired) electrons. The number of rotatable bonds is 3. The Labute approximate surface area is 158 Å². The van der Waals surface area contributed by atoms with E-state index in [-0.39, 0.29) is 30.3 Å². The molecule has 26 heavy (non-hydrogen) atoms. The predicted molar refractivity (Wildman–Crippen MR) is 97.7 cm³/mol. The van der Waals surface area contributed by atoms with Gasteiger partial charge in [-0.05, 0) is 37.5 Å². The van der Waals surface area contributed by atoms with Crippen molar-refractivity contribution in [3.8, 4) is 0 Å². The monoisotopic (exact) mass is 385 g/mol. The molecule has 144 valence electrons. The third kappa shape index (κ3) is 4.72. The van der Waals surface area contributed by atoms with Gasteiger partial charge >= 0.3 is 0 Å². The lowest BCUT2D eigenvalue weighted by Crippen LogP contribution is -2.42. The van der Waals surface area contributed by atoms with Crippen LogP contribution in [0.2, 0.25) is 0 Å². The summed E-state index contributed by atoms with van der Waals surface area (Å²) in [6, 6.07) is 5.70. The van der Waals surface area contributed by atoms with Gasteiger partial charge in [0.15, 0.2) is 0 Å². The predicted octanol–water partition coefficient (Wildman–Crippen LogP) is 1.43. The summed E-state index contributed by atoms with van der Waals surface area (Å²) in [5.41, 5.74) is 5.93. The highest BCUT2D eigenvalue weighted by Crippen LogP contribution is 2.21. The van der Waals surface area contributed by atoms with Gasteiger partial charge in [-0.1, -0.05) is 6.07 Å². The van der Waals surface area contributed by atoms with E-state index in [4.69, 9.17) is 10.5 Å². The van der Waals surface area contributed by atoms with Gasteiger partial charge in [0.1, 0.15) is 11.9 Å². The summed E-state index contributed by atoms with van der Waals surface area (Å²) >= 11 is 0. The van der Waals surface area contributed by atoms with Crippen molar-refractivity contribution >= 4 is 24.2 Å². The molecule has 2 heterocycles. The van der Waals surface area contributed by atoms with E-state index in [1.165, 1.54) is 18.2 Å². The molecule has 0 aromatic heterocycles. The van der Waals surface area contributed by atoms with Crippen molar-refractivity contribution in [2.45, 2.75) is 31.5 Å². The molecule has 2 saturated heterocycles. The first kappa shape index (κ1) is 20.6. The molecule has 2 aliphatic heterocycles. The van der Waals surface area contributed by atoms with Crippen molar-refractivity contribution in [2.24, 2.45) is 5.73 Å². The molecular weight excluding hydrogens is 361 g/mol. The third-order valence-electron chi connectivity index (χ3n) is 4.81. The number of benzene rings is 1. The van der Waals surface area contributed by atoms with Gasteiger partial charge in [0.2, 0.25) is 0 Å². The van der Waals surface area contributed by atoms with Gasteiger partial charge in [-0.25, -0.2) is 4.39 Å². The van der Waals surface area contributed by atoms with Crippen molar-refractivity contribution in [1.29, 1.82) is 0 Å². The normalized spacial score (nSPS) is 23.3. The van der Waals surface area contributed by atoms with E-state index in [1.54, 1.807) is 15.9 Å². The first-order chi connectivity index (χ1) is 12.1. The largest absolute Gasteiger partial charge is 0.364 e. The molecule has 0 bridgehead atoms. The van der Waals surface area contributed by atoms with Crippen LogP contribution in [0.4, 0.5) is 4.39 Å². The molecule has 2 amide bonds. The standard InChI is InChI=1S/C18H24FN3O3.ClH/c19-14-4-1-3-13(11-14)17(23)21-7-2-8-22(10-9-21)18(24)16-6-5-15(12-20)25-16;/h1,3-4,11,15-16H,2,5-10,12,20H2;1H/t15-,16+;/m1./s1. The summed E-state index contributed by atoms with van der Waals surface area (Å²) in [5.74, 6) is -0.643. The molecule has 0 aliphatic carbocycles. The lowest BCUT2D eigenvalue weighted by atomic mass is 10.2. The molecule has 0 spiro atoms. The van der Waals surface area contributed by atoms with Crippen LogP contribution in [-0.4, -0.2) is 66.5 Å². The van der Waals surface area contributed by atoms with Crippen molar-refractivity contribution in [3.05, 3.63) is 35.6 Å². The van der Waals surface area contributed by atoms with E-state index in [9.17, 15) is 14.0 Å². The number of hydrogen-bond donors (Lipinski definition) is 1. The van der Waals surface area contributed by atoms with Crippen LogP contribution in [0.25, 0.3) is 0 Å². The fourth-order valence-corrected chi connectivity index (χ4v) is 3.41. The highest BCUT2D eigenvalue weighted by molar-refractivity contribution is 5.94. The maximum Gasteiger partial charge on any atom is 0.254 e. The van der Waals surface area contributed by atoms with E-state index < -0.39 is 11.9 Å². The maximum atomic E-state index is 13.3. The zero-order valence-electron chi connectivity index (χ0n) is 14.6. The Kier molecular flexibility index (Phi) is 7.37. The molecule has 0 unspecified atom stereocenters. The molecule has 1 aromatic carbocycles.